The number of carbonyl (C=O) groups excluding carboxylic acids is 1. The third kappa shape index (κ3) is 4.04. The average Bonchev–Trinajstić information content (AvgIpc) is 3.09. The maximum absolute atomic E-state index is 12.0. The van der Waals surface area contributed by atoms with E-state index in [4.69, 9.17) is 9.47 Å². The molecular formula is C25H31NO3. The summed E-state index contributed by atoms with van der Waals surface area (Å²) in [5.41, 5.74) is 4.20. The highest BCUT2D eigenvalue weighted by atomic mass is 16.5. The van der Waals surface area contributed by atoms with E-state index in [1.807, 2.05) is 30.3 Å². The lowest BCUT2D eigenvalue weighted by molar-refractivity contribution is -0.108. The van der Waals surface area contributed by atoms with E-state index in [0.717, 1.165) is 59.5 Å². The predicted molar refractivity (Wildman–Crippen MR) is 116 cm³/mol. The Morgan fingerprint density at radius 3 is 2.69 bits per heavy atom. The van der Waals surface area contributed by atoms with Crippen LogP contribution in [-0.2, 0) is 4.79 Å². The van der Waals surface area contributed by atoms with Crippen LogP contribution in [0.4, 0.5) is 0 Å². The summed E-state index contributed by atoms with van der Waals surface area (Å²) in [6, 6.07) is 12.5. The Morgan fingerprint density at radius 1 is 1.10 bits per heavy atom. The number of piperidine rings is 1. The Labute approximate surface area is 173 Å². The zero-order chi connectivity index (χ0) is 20.2. The summed E-state index contributed by atoms with van der Waals surface area (Å²) >= 11 is 0. The van der Waals surface area contributed by atoms with Gasteiger partial charge in [-0.2, -0.15) is 0 Å². The standard InChI is InChI=1S/C25H31NO3/c1-3-14-28-19-10-11-21-22(15-19)23(16-27)20-8-7-9-24(25(20)21)29-17-18(2)26-12-5-4-6-13-26/h7-11,15-16,18,23H,3-6,12-14,17H2,1-2H3. The molecule has 1 aliphatic heterocycles. The quantitative estimate of drug-likeness (QED) is 0.589. The molecule has 0 spiro atoms. The second kappa shape index (κ2) is 9.00. The number of fused-ring (bicyclic) bond motifs is 3. The molecule has 2 unspecified atom stereocenters. The Morgan fingerprint density at radius 2 is 1.93 bits per heavy atom. The van der Waals surface area contributed by atoms with Crippen molar-refractivity contribution in [1.29, 1.82) is 0 Å². The van der Waals surface area contributed by atoms with Gasteiger partial charge in [-0.3, -0.25) is 4.90 Å². The number of nitrogens with zero attached hydrogens (tertiary/aromatic N) is 1. The smallest absolute Gasteiger partial charge is 0.131 e. The number of hydrogen-bond acceptors (Lipinski definition) is 4. The Kier molecular flexibility index (Phi) is 6.19. The molecule has 2 aromatic carbocycles. The third-order valence-corrected chi connectivity index (χ3v) is 6.12. The normalized spacial score (nSPS) is 19.3. The largest absolute Gasteiger partial charge is 0.494 e. The highest BCUT2D eigenvalue weighted by Gasteiger charge is 2.31. The van der Waals surface area contributed by atoms with Crippen molar-refractivity contribution in [3.63, 3.8) is 0 Å². The van der Waals surface area contributed by atoms with Gasteiger partial charge in [0, 0.05) is 11.6 Å². The van der Waals surface area contributed by atoms with Crippen LogP contribution in [0.5, 0.6) is 11.5 Å². The molecule has 0 amide bonds. The van der Waals surface area contributed by atoms with Crippen molar-refractivity contribution in [1.82, 2.24) is 4.90 Å². The Balaban J connectivity index is 1.58. The summed E-state index contributed by atoms with van der Waals surface area (Å²) in [5.74, 6) is 1.44. The summed E-state index contributed by atoms with van der Waals surface area (Å²) in [6.45, 7) is 8.00. The van der Waals surface area contributed by atoms with E-state index in [0.29, 0.717) is 19.3 Å². The zero-order valence-corrected chi connectivity index (χ0v) is 17.5. The molecule has 0 bridgehead atoms. The van der Waals surface area contributed by atoms with Crippen molar-refractivity contribution >= 4 is 6.29 Å². The van der Waals surface area contributed by atoms with E-state index in [9.17, 15) is 4.79 Å². The molecule has 0 saturated carbocycles. The van der Waals surface area contributed by atoms with E-state index >= 15 is 0 Å². The molecule has 1 heterocycles. The third-order valence-electron chi connectivity index (χ3n) is 6.12. The van der Waals surface area contributed by atoms with Crippen LogP contribution in [0.2, 0.25) is 0 Å². The van der Waals surface area contributed by atoms with Gasteiger partial charge in [0.25, 0.3) is 0 Å². The summed E-state index contributed by atoms with van der Waals surface area (Å²) in [4.78, 5) is 14.5. The van der Waals surface area contributed by atoms with Gasteiger partial charge in [0.1, 0.15) is 24.4 Å². The minimum absolute atomic E-state index is 0.256. The van der Waals surface area contributed by atoms with Crippen molar-refractivity contribution in [2.75, 3.05) is 26.3 Å². The first-order chi connectivity index (χ1) is 14.2. The van der Waals surface area contributed by atoms with Gasteiger partial charge in [0.2, 0.25) is 0 Å². The van der Waals surface area contributed by atoms with E-state index in [1.54, 1.807) is 0 Å². The molecule has 2 aromatic rings. The van der Waals surface area contributed by atoms with Gasteiger partial charge in [-0.15, -0.1) is 0 Å². The first-order valence-electron chi connectivity index (χ1n) is 10.9. The number of carbonyl (C=O) groups is 1. The van der Waals surface area contributed by atoms with Gasteiger partial charge in [0.05, 0.1) is 12.5 Å². The molecule has 2 aliphatic rings. The molecular weight excluding hydrogens is 362 g/mol. The highest BCUT2D eigenvalue weighted by Crippen LogP contribution is 2.49. The van der Waals surface area contributed by atoms with E-state index in [2.05, 4.69) is 24.8 Å². The predicted octanol–water partition coefficient (Wildman–Crippen LogP) is 5.04. The minimum Gasteiger partial charge on any atom is -0.494 e. The van der Waals surface area contributed by atoms with Crippen molar-refractivity contribution in [2.45, 2.75) is 51.5 Å². The summed E-state index contributed by atoms with van der Waals surface area (Å²) in [5, 5.41) is 0. The van der Waals surface area contributed by atoms with Crippen molar-refractivity contribution in [3.8, 4) is 22.6 Å². The minimum atomic E-state index is -0.256. The van der Waals surface area contributed by atoms with E-state index in [-0.39, 0.29) is 5.92 Å². The zero-order valence-electron chi connectivity index (χ0n) is 17.5. The van der Waals surface area contributed by atoms with Gasteiger partial charge in [-0.05, 0) is 74.2 Å². The van der Waals surface area contributed by atoms with Crippen molar-refractivity contribution in [2.24, 2.45) is 0 Å². The van der Waals surface area contributed by atoms with Crippen LogP contribution in [0.1, 0.15) is 56.6 Å². The Hall–Kier alpha value is -2.33. The van der Waals surface area contributed by atoms with E-state index < -0.39 is 0 Å². The van der Waals surface area contributed by atoms with Crippen LogP contribution in [-0.4, -0.2) is 43.5 Å². The number of likely N-dealkylation sites (tertiary alicyclic amines) is 1. The Bertz CT molecular complexity index is 857. The van der Waals surface area contributed by atoms with Gasteiger partial charge >= 0.3 is 0 Å². The fraction of sp³-hybridized carbons (Fsp3) is 0.480. The fourth-order valence-corrected chi connectivity index (χ4v) is 4.54. The topological polar surface area (TPSA) is 38.8 Å². The molecule has 4 nitrogen and oxygen atoms in total. The second-order valence-electron chi connectivity index (χ2n) is 8.19. The van der Waals surface area contributed by atoms with Gasteiger partial charge in [0.15, 0.2) is 0 Å². The van der Waals surface area contributed by atoms with Gasteiger partial charge in [-0.25, -0.2) is 0 Å². The van der Waals surface area contributed by atoms with Gasteiger partial charge in [-0.1, -0.05) is 31.5 Å². The summed E-state index contributed by atoms with van der Waals surface area (Å²) in [7, 11) is 0. The lowest BCUT2D eigenvalue weighted by atomic mass is 9.98. The first kappa shape index (κ1) is 20.0. The second-order valence-corrected chi connectivity index (χ2v) is 8.19. The molecule has 0 N–H and O–H groups in total. The van der Waals surface area contributed by atoms with E-state index in [1.165, 1.54) is 19.3 Å². The van der Waals surface area contributed by atoms with Crippen LogP contribution in [0.3, 0.4) is 0 Å². The molecule has 1 fully saturated rings. The average molecular weight is 394 g/mol. The van der Waals surface area contributed by atoms with Crippen molar-refractivity contribution in [3.05, 3.63) is 47.5 Å². The number of aldehydes is 1. The van der Waals surface area contributed by atoms with Crippen LogP contribution in [0.25, 0.3) is 11.1 Å². The van der Waals surface area contributed by atoms with Crippen LogP contribution in [0.15, 0.2) is 36.4 Å². The lowest BCUT2D eigenvalue weighted by Crippen LogP contribution is -2.40. The number of hydrogen-bond donors (Lipinski definition) is 0. The van der Waals surface area contributed by atoms with Crippen LogP contribution < -0.4 is 9.47 Å². The SMILES string of the molecule is CCCOc1ccc2c(c1)C(C=O)c1cccc(OCC(C)N3CCCCC3)c1-2. The maximum Gasteiger partial charge on any atom is 0.131 e. The fourth-order valence-electron chi connectivity index (χ4n) is 4.54. The lowest BCUT2D eigenvalue weighted by Gasteiger charge is -2.32. The number of rotatable bonds is 8. The molecule has 0 aromatic heterocycles. The van der Waals surface area contributed by atoms with Crippen LogP contribution in [0, 0.1) is 0 Å². The molecule has 29 heavy (non-hydrogen) atoms. The molecule has 2 atom stereocenters. The molecule has 4 rings (SSSR count). The summed E-state index contributed by atoms with van der Waals surface area (Å²) in [6.07, 6.45) is 5.89. The number of benzene rings is 2. The van der Waals surface area contributed by atoms with Crippen molar-refractivity contribution < 1.29 is 14.3 Å². The first-order valence-corrected chi connectivity index (χ1v) is 10.9. The van der Waals surface area contributed by atoms with Gasteiger partial charge < -0.3 is 14.3 Å². The van der Waals surface area contributed by atoms with Crippen LogP contribution >= 0.6 is 0 Å². The molecule has 0 radical (unpaired) electrons. The molecule has 1 aliphatic carbocycles. The monoisotopic (exact) mass is 393 g/mol. The molecule has 154 valence electrons. The summed E-state index contributed by atoms with van der Waals surface area (Å²) < 4.78 is 12.1. The highest BCUT2D eigenvalue weighted by molar-refractivity contribution is 5.91. The molecule has 4 heteroatoms. The maximum atomic E-state index is 12.0. The number of ether oxygens (including phenoxy) is 2. The molecule has 1 saturated heterocycles.